The largest absolute Gasteiger partial charge is 0.385 e. The number of nitrogens with zero attached hydrogens (tertiary/aromatic N) is 2. The van der Waals surface area contributed by atoms with Crippen LogP contribution in [0.4, 0.5) is 8.78 Å². The van der Waals surface area contributed by atoms with Crippen molar-refractivity contribution in [1.82, 2.24) is 9.97 Å². The van der Waals surface area contributed by atoms with Gasteiger partial charge in [-0.05, 0) is 24.6 Å². The summed E-state index contributed by atoms with van der Waals surface area (Å²) in [5, 5.41) is 9.86. The SMILES string of the molecule is Cc1cnc(C(O)Cc2c(F)cccc2F)nc1. The van der Waals surface area contributed by atoms with Gasteiger partial charge in [0.25, 0.3) is 0 Å². The molecule has 0 aliphatic heterocycles. The van der Waals surface area contributed by atoms with E-state index in [9.17, 15) is 13.9 Å². The van der Waals surface area contributed by atoms with E-state index in [1.165, 1.54) is 6.07 Å². The van der Waals surface area contributed by atoms with E-state index in [0.29, 0.717) is 0 Å². The third-order valence-electron chi connectivity index (χ3n) is 2.56. The van der Waals surface area contributed by atoms with Gasteiger partial charge in [0.1, 0.15) is 17.7 Å². The van der Waals surface area contributed by atoms with Crippen molar-refractivity contribution in [2.45, 2.75) is 19.4 Å². The number of hydrogen-bond acceptors (Lipinski definition) is 3. The van der Waals surface area contributed by atoms with Crippen molar-refractivity contribution in [2.24, 2.45) is 0 Å². The summed E-state index contributed by atoms with van der Waals surface area (Å²) >= 11 is 0. The van der Waals surface area contributed by atoms with Gasteiger partial charge in [-0.1, -0.05) is 6.07 Å². The van der Waals surface area contributed by atoms with Gasteiger partial charge in [0, 0.05) is 24.4 Å². The Morgan fingerprint density at radius 2 is 1.72 bits per heavy atom. The van der Waals surface area contributed by atoms with E-state index in [0.717, 1.165) is 17.7 Å². The summed E-state index contributed by atoms with van der Waals surface area (Å²) in [6.45, 7) is 1.81. The minimum Gasteiger partial charge on any atom is -0.385 e. The van der Waals surface area contributed by atoms with Gasteiger partial charge in [0.2, 0.25) is 0 Å². The molecule has 1 aromatic carbocycles. The van der Waals surface area contributed by atoms with Crippen LogP contribution in [0.25, 0.3) is 0 Å². The monoisotopic (exact) mass is 250 g/mol. The number of halogens is 2. The van der Waals surface area contributed by atoms with E-state index in [1.807, 2.05) is 6.92 Å². The number of hydrogen-bond donors (Lipinski definition) is 1. The fraction of sp³-hybridized carbons (Fsp3) is 0.231. The summed E-state index contributed by atoms with van der Waals surface area (Å²) in [4.78, 5) is 7.86. The quantitative estimate of drug-likeness (QED) is 0.909. The number of aromatic nitrogens is 2. The summed E-state index contributed by atoms with van der Waals surface area (Å²) in [5.74, 6) is -1.20. The zero-order valence-corrected chi connectivity index (χ0v) is 9.77. The molecule has 0 radical (unpaired) electrons. The minimum absolute atomic E-state index is 0.156. The molecule has 1 N–H and O–H groups in total. The first kappa shape index (κ1) is 12.6. The molecule has 94 valence electrons. The average Bonchev–Trinajstić information content (AvgIpc) is 2.34. The van der Waals surface area contributed by atoms with Gasteiger partial charge in [-0.2, -0.15) is 0 Å². The Labute approximate surface area is 103 Å². The van der Waals surface area contributed by atoms with Gasteiger partial charge in [-0.25, -0.2) is 18.7 Å². The first-order valence-electron chi connectivity index (χ1n) is 5.47. The Morgan fingerprint density at radius 1 is 1.17 bits per heavy atom. The van der Waals surface area contributed by atoms with Gasteiger partial charge in [0.15, 0.2) is 5.82 Å². The Bertz CT molecular complexity index is 523. The molecule has 5 heteroatoms. The maximum absolute atomic E-state index is 13.4. The molecule has 1 unspecified atom stereocenters. The molecule has 18 heavy (non-hydrogen) atoms. The van der Waals surface area contributed by atoms with E-state index < -0.39 is 17.7 Å². The molecule has 0 saturated heterocycles. The van der Waals surface area contributed by atoms with Gasteiger partial charge in [-0.3, -0.25) is 0 Å². The number of aryl methyl sites for hydroxylation is 1. The standard InChI is InChI=1S/C13H12F2N2O/c1-8-6-16-13(17-7-8)12(18)5-9-10(14)3-2-4-11(9)15/h2-4,6-7,12,18H,5H2,1H3. The molecule has 0 aliphatic rings. The van der Waals surface area contributed by atoms with Crippen molar-refractivity contribution >= 4 is 0 Å². The molecule has 0 saturated carbocycles. The third kappa shape index (κ3) is 2.68. The summed E-state index contributed by atoms with van der Waals surface area (Å²) < 4.78 is 26.8. The van der Waals surface area contributed by atoms with Crippen molar-refractivity contribution in [1.29, 1.82) is 0 Å². The van der Waals surface area contributed by atoms with Crippen LogP contribution < -0.4 is 0 Å². The highest BCUT2D eigenvalue weighted by Gasteiger charge is 2.17. The molecule has 3 nitrogen and oxygen atoms in total. The summed E-state index contributed by atoms with van der Waals surface area (Å²) in [6.07, 6.45) is 1.77. The molecule has 2 rings (SSSR count). The van der Waals surface area contributed by atoms with Crippen molar-refractivity contribution in [3.63, 3.8) is 0 Å². The summed E-state index contributed by atoms with van der Waals surface area (Å²) in [6, 6.07) is 3.59. The second kappa shape index (κ2) is 5.18. The topological polar surface area (TPSA) is 46.0 Å². The molecule has 1 aromatic heterocycles. The zero-order chi connectivity index (χ0) is 13.1. The van der Waals surface area contributed by atoms with Crippen LogP contribution >= 0.6 is 0 Å². The molecule has 2 aromatic rings. The van der Waals surface area contributed by atoms with Crippen molar-refractivity contribution in [3.8, 4) is 0 Å². The second-order valence-corrected chi connectivity index (χ2v) is 4.04. The predicted octanol–water partition coefficient (Wildman–Crippen LogP) is 2.34. The van der Waals surface area contributed by atoms with Crippen LogP contribution in [0.5, 0.6) is 0 Å². The maximum Gasteiger partial charge on any atom is 0.157 e. The number of aliphatic hydroxyl groups excluding tert-OH is 1. The lowest BCUT2D eigenvalue weighted by Crippen LogP contribution is -2.09. The highest BCUT2D eigenvalue weighted by atomic mass is 19.1. The lowest BCUT2D eigenvalue weighted by atomic mass is 10.1. The van der Waals surface area contributed by atoms with Crippen LogP contribution in [0.3, 0.4) is 0 Å². The first-order valence-corrected chi connectivity index (χ1v) is 5.47. The maximum atomic E-state index is 13.4. The second-order valence-electron chi connectivity index (χ2n) is 4.04. The summed E-state index contributed by atoms with van der Waals surface area (Å²) in [5.41, 5.74) is 0.692. The lowest BCUT2D eigenvalue weighted by Gasteiger charge is -2.10. The van der Waals surface area contributed by atoms with Gasteiger partial charge < -0.3 is 5.11 Å². The fourth-order valence-electron chi connectivity index (χ4n) is 1.59. The molecule has 0 fully saturated rings. The Kier molecular flexibility index (Phi) is 3.62. The van der Waals surface area contributed by atoms with Crippen molar-refractivity contribution < 1.29 is 13.9 Å². The molecule has 0 aliphatic carbocycles. The predicted molar refractivity (Wildman–Crippen MR) is 61.8 cm³/mol. The highest BCUT2D eigenvalue weighted by Crippen LogP contribution is 2.19. The van der Waals surface area contributed by atoms with Crippen LogP contribution in [0.1, 0.15) is 23.1 Å². The Hall–Kier alpha value is -1.88. The summed E-state index contributed by atoms with van der Waals surface area (Å²) in [7, 11) is 0. The van der Waals surface area contributed by atoms with E-state index in [2.05, 4.69) is 9.97 Å². The average molecular weight is 250 g/mol. The molecule has 0 amide bonds. The van der Waals surface area contributed by atoms with E-state index >= 15 is 0 Å². The molecule has 1 heterocycles. The number of benzene rings is 1. The first-order chi connectivity index (χ1) is 8.58. The van der Waals surface area contributed by atoms with Crippen LogP contribution in [0.2, 0.25) is 0 Å². The van der Waals surface area contributed by atoms with Crippen LogP contribution in [0.15, 0.2) is 30.6 Å². The van der Waals surface area contributed by atoms with E-state index in [1.54, 1.807) is 12.4 Å². The molecule has 0 spiro atoms. The third-order valence-corrected chi connectivity index (χ3v) is 2.56. The smallest absolute Gasteiger partial charge is 0.157 e. The van der Waals surface area contributed by atoms with E-state index in [-0.39, 0.29) is 17.8 Å². The fourth-order valence-corrected chi connectivity index (χ4v) is 1.59. The van der Waals surface area contributed by atoms with Crippen LogP contribution in [0, 0.1) is 18.6 Å². The molecular formula is C13H12F2N2O. The molecule has 1 atom stereocenters. The normalized spacial score (nSPS) is 12.4. The Morgan fingerprint density at radius 3 is 2.28 bits per heavy atom. The van der Waals surface area contributed by atoms with Gasteiger partial charge in [-0.15, -0.1) is 0 Å². The van der Waals surface area contributed by atoms with Crippen molar-refractivity contribution in [3.05, 3.63) is 59.2 Å². The number of aliphatic hydroxyl groups is 1. The lowest BCUT2D eigenvalue weighted by molar-refractivity contribution is 0.165. The highest BCUT2D eigenvalue weighted by molar-refractivity contribution is 5.21. The molecular weight excluding hydrogens is 238 g/mol. The van der Waals surface area contributed by atoms with Crippen molar-refractivity contribution in [2.75, 3.05) is 0 Å². The Balaban J connectivity index is 2.21. The molecule has 0 bridgehead atoms. The number of rotatable bonds is 3. The van der Waals surface area contributed by atoms with Crippen LogP contribution in [-0.2, 0) is 6.42 Å². The van der Waals surface area contributed by atoms with E-state index in [4.69, 9.17) is 0 Å². The zero-order valence-electron chi connectivity index (χ0n) is 9.77. The van der Waals surface area contributed by atoms with Gasteiger partial charge in [0.05, 0.1) is 0 Å². The van der Waals surface area contributed by atoms with Gasteiger partial charge >= 0.3 is 0 Å². The minimum atomic E-state index is -1.13. The van der Waals surface area contributed by atoms with Crippen LogP contribution in [-0.4, -0.2) is 15.1 Å².